The van der Waals surface area contributed by atoms with Crippen LogP contribution in [0.5, 0.6) is 0 Å². The molecule has 9 heteroatoms. The first-order chi connectivity index (χ1) is 13.5. The number of thiophene rings is 1. The molecule has 0 atom stereocenters. The maximum absolute atomic E-state index is 12.0. The van der Waals surface area contributed by atoms with E-state index in [1.54, 1.807) is 30.3 Å². The zero-order valence-corrected chi connectivity index (χ0v) is 21.3. The van der Waals surface area contributed by atoms with Crippen LogP contribution >= 0.6 is 46.7 Å². The zero-order chi connectivity index (χ0) is 19.9. The molecule has 29 heavy (non-hydrogen) atoms. The number of aromatic nitrogens is 1. The number of carbonyl (C=O) groups is 1. The monoisotopic (exact) mass is 547 g/mol. The van der Waals surface area contributed by atoms with Crippen LogP contribution in [0.2, 0.25) is 0 Å². The van der Waals surface area contributed by atoms with Gasteiger partial charge in [0, 0.05) is 37.4 Å². The molecule has 1 N–H and O–H groups in total. The molecule has 1 amide bonds. The average Bonchev–Trinajstić information content (AvgIpc) is 3.32. The summed E-state index contributed by atoms with van der Waals surface area (Å²) in [6.07, 6.45) is 5.72. The standard InChI is InChI=1S/C20H29N5OS2.HI/c1-24(2)19(26)13-22-20(21-11-10-15-7-6-12-27-15)25(3)14-18-23-16-8-4-5-9-17(16)28-18;/h6-7,12H,4-5,8-11,13-14H2,1-3H3,(H,21,22);1H. The van der Waals surface area contributed by atoms with Crippen molar-refractivity contribution in [1.82, 2.24) is 20.1 Å². The quantitative estimate of drug-likeness (QED) is 0.328. The highest BCUT2D eigenvalue weighted by molar-refractivity contribution is 14.0. The number of nitrogens with zero attached hydrogens (tertiary/aromatic N) is 4. The molecule has 160 valence electrons. The Hall–Kier alpha value is -1.20. The lowest BCUT2D eigenvalue weighted by Crippen LogP contribution is -2.40. The Morgan fingerprint density at radius 1 is 1.28 bits per heavy atom. The van der Waals surface area contributed by atoms with E-state index in [-0.39, 0.29) is 36.4 Å². The predicted molar refractivity (Wildman–Crippen MR) is 133 cm³/mol. The van der Waals surface area contributed by atoms with Gasteiger partial charge in [0.25, 0.3) is 0 Å². The molecule has 0 bridgehead atoms. The van der Waals surface area contributed by atoms with E-state index in [9.17, 15) is 4.79 Å². The number of rotatable bonds is 7. The Kier molecular flexibility index (Phi) is 9.84. The maximum atomic E-state index is 12.0. The van der Waals surface area contributed by atoms with Crippen molar-refractivity contribution in [2.45, 2.75) is 38.6 Å². The van der Waals surface area contributed by atoms with Crippen LogP contribution in [0.1, 0.15) is 33.3 Å². The summed E-state index contributed by atoms with van der Waals surface area (Å²) in [4.78, 5) is 27.8. The van der Waals surface area contributed by atoms with Crippen molar-refractivity contribution in [2.75, 3.05) is 34.2 Å². The van der Waals surface area contributed by atoms with Gasteiger partial charge in [-0.05, 0) is 43.6 Å². The van der Waals surface area contributed by atoms with Crippen molar-refractivity contribution >= 4 is 58.5 Å². The fourth-order valence-corrected chi connectivity index (χ4v) is 5.02. The number of thiazole rings is 1. The van der Waals surface area contributed by atoms with Crippen molar-refractivity contribution in [2.24, 2.45) is 4.99 Å². The number of hydrogen-bond acceptors (Lipinski definition) is 5. The van der Waals surface area contributed by atoms with Crippen LogP contribution in [0, 0.1) is 0 Å². The van der Waals surface area contributed by atoms with E-state index in [0.717, 1.165) is 36.8 Å². The molecule has 0 saturated heterocycles. The van der Waals surface area contributed by atoms with E-state index in [4.69, 9.17) is 4.98 Å². The first kappa shape index (κ1) is 24.1. The lowest BCUT2D eigenvalue weighted by atomic mass is 10.0. The van der Waals surface area contributed by atoms with E-state index >= 15 is 0 Å². The molecule has 0 fully saturated rings. The normalized spacial score (nSPS) is 13.4. The Morgan fingerprint density at radius 2 is 2.07 bits per heavy atom. The Morgan fingerprint density at radius 3 is 2.76 bits per heavy atom. The van der Waals surface area contributed by atoms with Gasteiger partial charge in [-0.3, -0.25) is 4.79 Å². The van der Waals surface area contributed by atoms with Gasteiger partial charge in [0.1, 0.15) is 11.6 Å². The van der Waals surface area contributed by atoms with Crippen LogP contribution in [-0.2, 0) is 30.6 Å². The summed E-state index contributed by atoms with van der Waals surface area (Å²) >= 11 is 3.58. The number of hydrogen-bond donors (Lipinski definition) is 1. The van der Waals surface area contributed by atoms with Crippen molar-refractivity contribution in [3.8, 4) is 0 Å². The number of guanidine groups is 1. The molecular formula is C20H30IN5OS2. The Labute approximate surface area is 198 Å². The second-order valence-electron chi connectivity index (χ2n) is 7.22. The highest BCUT2D eigenvalue weighted by Crippen LogP contribution is 2.27. The number of carbonyl (C=O) groups excluding carboxylic acids is 1. The number of aryl methyl sites for hydroxylation is 2. The minimum Gasteiger partial charge on any atom is -0.356 e. The van der Waals surface area contributed by atoms with Gasteiger partial charge in [-0.1, -0.05) is 6.07 Å². The molecular weight excluding hydrogens is 517 g/mol. The van der Waals surface area contributed by atoms with E-state index in [1.807, 2.05) is 18.4 Å². The fourth-order valence-electron chi connectivity index (χ4n) is 3.10. The largest absolute Gasteiger partial charge is 0.356 e. The first-order valence-corrected chi connectivity index (χ1v) is 11.4. The van der Waals surface area contributed by atoms with E-state index in [0.29, 0.717) is 6.54 Å². The molecule has 0 spiro atoms. The third-order valence-electron chi connectivity index (χ3n) is 4.72. The number of nitrogens with one attached hydrogen (secondary N) is 1. The summed E-state index contributed by atoms with van der Waals surface area (Å²) in [6.45, 7) is 1.64. The number of fused-ring (bicyclic) bond motifs is 1. The second kappa shape index (κ2) is 11.8. The molecule has 0 radical (unpaired) electrons. The molecule has 6 nitrogen and oxygen atoms in total. The van der Waals surface area contributed by atoms with Crippen molar-refractivity contribution in [3.63, 3.8) is 0 Å². The minimum absolute atomic E-state index is 0. The van der Waals surface area contributed by atoms with Gasteiger partial charge >= 0.3 is 0 Å². The van der Waals surface area contributed by atoms with E-state index < -0.39 is 0 Å². The highest BCUT2D eigenvalue weighted by atomic mass is 127. The van der Waals surface area contributed by atoms with Gasteiger partial charge in [-0.2, -0.15) is 0 Å². The maximum Gasteiger partial charge on any atom is 0.243 e. The van der Waals surface area contributed by atoms with Gasteiger partial charge in [0.2, 0.25) is 5.91 Å². The van der Waals surface area contributed by atoms with E-state index in [1.165, 1.54) is 28.3 Å². The average molecular weight is 548 g/mol. The third kappa shape index (κ3) is 7.21. The molecule has 0 unspecified atom stereocenters. The summed E-state index contributed by atoms with van der Waals surface area (Å²) in [5.41, 5.74) is 1.28. The molecule has 2 aromatic heterocycles. The highest BCUT2D eigenvalue weighted by Gasteiger charge is 2.17. The second-order valence-corrected chi connectivity index (χ2v) is 9.43. The van der Waals surface area contributed by atoms with Gasteiger partial charge in [-0.25, -0.2) is 9.98 Å². The predicted octanol–water partition coefficient (Wildman–Crippen LogP) is 3.41. The summed E-state index contributed by atoms with van der Waals surface area (Å²) < 4.78 is 0. The number of amides is 1. The molecule has 1 aliphatic rings. The van der Waals surface area contributed by atoms with Crippen molar-refractivity contribution in [1.29, 1.82) is 0 Å². The number of aliphatic imine (C=N–C) groups is 1. The number of halogens is 1. The Balaban J connectivity index is 0.00000300. The van der Waals surface area contributed by atoms with Crippen LogP contribution in [0.25, 0.3) is 0 Å². The molecule has 0 saturated carbocycles. The molecule has 0 aliphatic heterocycles. The topological polar surface area (TPSA) is 60.8 Å². The summed E-state index contributed by atoms with van der Waals surface area (Å²) in [5.74, 6) is 0.746. The van der Waals surface area contributed by atoms with Gasteiger partial charge in [0.05, 0.1) is 12.2 Å². The summed E-state index contributed by atoms with van der Waals surface area (Å²) in [6, 6.07) is 4.21. The lowest BCUT2D eigenvalue weighted by molar-refractivity contribution is -0.127. The van der Waals surface area contributed by atoms with Gasteiger partial charge in [-0.15, -0.1) is 46.7 Å². The first-order valence-electron chi connectivity index (χ1n) is 9.72. The SMILES string of the molecule is CN(C)C(=O)CN=C(NCCc1cccs1)N(C)Cc1nc2c(s1)CCCC2.I. The summed E-state index contributed by atoms with van der Waals surface area (Å²) in [7, 11) is 5.52. The summed E-state index contributed by atoms with van der Waals surface area (Å²) in [5, 5.41) is 6.64. The van der Waals surface area contributed by atoms with Crippen LogP contribution in [0.3, 0.4) is 0 Å². The fraction of sp³-hybridized carbons (Fsp3) is 0.550. The molecule has 1 aliphatic carbocycles. The molecule has 0 aromatic carbocycles. The number of likely N-dealkylation sites (N-methyl/N-ethyl adjacent to an activating group) is 1. The van der Waals surface area contributed by atoms with Crippen LogP contribution in [0.15, 0.2) is 22.5 Å². The van der Waals surface area contributed by atoms with Gasteiger partial charge in [0.15, 0.2) is 5.96 Å². The third-order valence-corrected chi connectivity index (χ3v) is 6.80. The Bertz CT molecular complexity index is 780. The molecule has 2 heterocycles. The van der Waals surface area contributed by atoms with E-state index in [2.05, 4.69) is 32.7 Å². The van der Waals surface area contributed by atoms with Crippen LogP contribution < -0.4 is 5.32 Å². The lowest BCUT2D eigenvalue weighted by Gasteiger charge is -2.22. The van der Waals surface area contributed by atoms with Gasteiger partial charge < -0.3 is 15.1 Å². The molecule has 3 rings (SSSR count). The van der Waals surface area contributed by atoms with Crippen molar-refractivity contribution in [3.05, 3.63) is 38.0 Å². The van der Waals surface area contributed by atoms with Crippen molar-refractivity contribution < 1.29 is 4.79 Å². The minimum atomic E-state index is -0.00401. The zero-order valence-electron chi connectivity index (χ0n) is 17.3. The van der Waals surface area contributed by atoms with Crippen LogP contribution in [0.4, 0.5) is 0 Å². The molecule has 2 aromatic rings. The smallest absolute Gasteiger partial charge is 0.243 e. The van der Waals surface area contributed by atoms with Crippen LogP contribution in [-0.4, -0.2) is 60.9 Å².